The van der Waals surface area contributed by atoms with Crippen LogP contribution in [0.1, 0.15) is 97.7 Å². The van der Waals surface area contributed by atoms with Gasteiger partial charge in [-0.15, -0.1) is 0 Å². The minimum atomic E-state index is 0.248. The highest BCUT2D eigenvalue weighted by Crippen LogP contribution is 2.45. The van der Waals surface area contributed by atoms with Crippen LogP contribution in [0.5, 0.6) is 0 Å². The summed E-state index contributed by atoms with van der Waals surface area (Å²) in [5.74, 6) is 0. The van der Waals surface area contributed by atoms with Crippen molar-refractivity contribution in [3.05, 3.63) is 78.9 Å². The van der Waals surface area contributed by atoms with Crippen LogP contribution >= 0.6 is 11.9 Å². The van der Waals surface area contributed by atoms with E-state index in [2.05, 4.69) is 125 Å². The molecule has 1 saturated heterocycles. The molecule has 0 saturated carbocycles. The molecule has 2 aliphatic heterocycles. The highest BCUT2D eigenvalue weighted by Gasteiger charge is 2.29. The van der Waals surface area contributed by atoms with E-state index in [1.807, 2.05) is 6.20 Å². The van der Waals surface area contributed by atoms with Crippen LogP contribution in [-0.4, -0.2) is 34.1 Å². The third-order valence-electron chi connectivity index (χ3n) is 7.36. The van der Waals surface area contributed by atoms with Crippen LogP contribution < -0.4 is 10.6 Å². The molecule has 0 aliphatic carbocycles. The third kappa shape index (κ3) is 11.9. The second kappa shape index (κ2) is 17.0. The zero-order valence-corrected chi connectivity index (χ0v) is 26.6. The van der Waals surface area contributed by atoms with Gasteiger partial charge in [-0.1, -0.05) is 64.8 Å². The van der Waals surface area contributed by atoms with E-state index in [1.54, 1.807) is 18.1 Å². The molecular weight excluding hydrogens is 498 g/mol. The van der Waals surface area contributed by atoms with Gasteiger partial charge in [-0.2, -0.15) is 5.26 Å². The highest BCUT2D eigenvalue weighted by atomic mass is 32.2. The number of nitrogens with zero attached hydrogens (tertiary/aromatic N) is 3. The summed E-state index contributed by atoms with van der Waals surface area (Å²) in [5, 5.41) is 15.0. The fourth-order valence-electron chi connectivity index (χ4n) is 4.19. The van der Waals surface area contributed by atoms with E-state index in [4.69, 9.17) is 5.26 Å². The van der Waals surface area contributed by atoms with Gasteiger partial charge >= 0.3 is 0 Å². The summed E-state index contributed by atoms with van der Waals surface area (Å²) in [7, 11) is 0. The Balaban J connectivity index is 0.000000311. The SMILES string of the molecule is C=C(CCCC#N)NC(C)C(C)(C)C.C=CN1CCCC1C.C=CNC(C)c1ccc(C2=C(C)N2SC)cc1. The summed E-state index contributed by atoms with van der Waals surface area (Å²) in [6, 6.07) is 12.3. The van der Waals surface area contributed by atoms with E-state index in [9.17, 15) is 0 Å². The lowest BCUT2D eigenvalue weighted by molar-refractivity contribution is 0.301. The number of unbranched alkanes of at least 4 members (excludes halogenated alkanes) is 1. The molecule has 3 unspecified atom stereocenters. The van der Waals surface area contributed by atoms with E-state index < -0.39 is 0 Å². The number of nitriles is 1. The number of benzene rings is 1. The molecule has 5 nitrogen and oxygen atoms in total. The second-order valence-corrected chi connectivity index (χ2v) is 12.1. The van der Waals surface area contributed by atoms with Gasteiger partial charge in [0.05, 0.1) is 17.5 Å². The molecule has 0 aromatic heterocycles. The van der Waals surface area contributed by atoms with E-state index in [-0.39, 0.29) is 5.41 Å². The van der Waals surface area contributed by atoms with E-state index in [0.29, 0.717) is 18.5 Å². The molecule has 0 spiro atoms. The van der Waals surface area contributed by atoms with Crippen molar-refractivity contribution in [2.75, 3.05) is 12.8 Å². The molecule has 3 atom stereocenters. The molecule has 2 N–H and O–H groups in total. The van der Waals surface area contributed by atoms with Gasteiger partial charge in [-0.25, -0.2) is 0 Å². The zero-order chi connectivity index (χ0) is 29.6. The van der Waals surface area contributed by atoms with Crippen LogP contribution in [0.25, 0.3) is 5.70 Å². The van der Waals surface area contributed by atoms with Gasteiger partial charge in [0.15, 0.2) is 0 Å². The molecule has 0 bridgehead atoms. The summed E-state index contributed by atoms with van der Waals surface area (Å²) in [6.45, 7) is 27.9. The van der Waals surface area contributed by atoms with Crippen molar-refractivity contribution in [3.63, 3.8) is 0 Å². The predicted molar refractivity (Wildman–Crippen MR) is 172 cm³/mol. The Bertz CT molecular complexity index is 983. The van der Waals surface area contributed by atoms with Gasteiger partial charge in [-0.05, 0) is 88.7 Å². The van der Waals surface area contributed by atoms with Crippen molar-refractivity contribution in [2.45, 2.75) is 98.7 Å². The molecule has 2 aliphatic rings. The second-order valence-electron chi connectivity index (χ2n) is 11.4. The van der Waals surface area contributed by atoms with Gasteiger partial charge < -0.3 is 15.5 Å². The number of rotatable bonds is 11. The lowest BCUT2D eigenvalue weighted by Gasteiger charge is -2.29. The fraction of sp³-hybridized carbons (Fsp3) is 0.545. The Morgan fingerprint density at radius 1 is 1.23 bits per heavy atom. The van der Waals surface area contributed by atoms with Crippen LogP contribution in [0.15, 0.2) is 67.8 Å². The number of hydrogen-bond donors (Lipinski definition) is 2. The van der Waals surface area contributed by atoms with Crippen molar-refractivity contribution < 1.29 is 0 Å². The fourth-order valence-corrected chi connectivity index (χ4v) is 4.93. The van der Waals surface area contributed by atoms with Crippen LogP contribution in [-0.2, 0) is 0 Å². The highest BCUT2D eigenvalue weighted by molar-refractivity contribution is 7.97. The van der Waals surface area contributed by atoms with Crippen molar-refractivity contribution in [1.82, 2.24) is 19.8 Å². The Labute approximate surface area is 244 Å². The van der Waals surface area contributed by atoms with Crippen LogP contribution in [0.4, 0.5) is 0 Å². The first-order valence-corrected chi connectivity index (χ1v) is 15.3. The Kier molecular flexibility index (Phi) is 14.9. The maximum absolute atomic E-state index is 8.39. The molecule has 0 radical (unpaired) electrons. The average Bonchev–Trinajstić information content (AvgIpc) is 3.36. The Morgan fingerprint density at radius 2 is 1.87 bits per heavy atom. The monoisotopic (exact) mass is 551 g/mol. The summed E-state index contributed by atoms with van der Waals surface area (Å²) in [6.07, 6.45) is 10.9. The van der Waals surface area contributed by atoms with Gasteiger partial charge in [0.1, 0.15) is 0 Å². The Hall–Kier alpha value is -2.78. The average molecular weight is 552 g/mol. The topological polar surface area (TPSA) is 54.1 Å². The third-order valence-corrected chi connectivity index (χ3v) is 8.18. The smallest absolute Gasteiger partial charge is 0.0796 e. The Morgan fingerprint density at radius 3 is 2.28 bits per heavy atom. The van der Waals surface area contributed by atoms with Gasteiger partial charge in [-0.3, -0.25) is 4.31 Å². The van der Waals surface area contributed by atoms with Crippen LogP contribution in [0.2, 0.25) is 0 Å². The molecule has 216 valence electrons. The van der Waals surface area contributed by atoms with E-state index in [0.717, 1.165) is 24.6 Å². The normalized spacial score (nSPS) is 17.5. The molecule has 1 aromatic carbocycles. The first-order valence-electron chi connectivity index (χ1n) is 14.1. The summed E-state index contributed by atoms with van der Waals surface area (Å²) in [4.78, 5) is 2.29. The number of allylic oxidation sites excluding steroid dienone is 2. The molecule has 0 amide bonds. The summed E-state index contributed by atoms with van der Waals surface area (Å²) in [5.41, 5.74) is 6.59. The number of likely N-dealkylation sites (tertiary alicyclic amines) is 1. The predicted octanol–water partition coefficient (Wildman–Crippen LogP) is 8.60. The van der Waals surface area contributed by atoms with E-state index in [1.165, 1.54) is 41.9 Å². The van der Waals surface area contributed by atoms with Crippen molar-refractivity contribution in [2.24, 2.45) is 5.41 Å². The molecule has 1 aromatic rings. The molecule has 1 fully saturated rings. The first kappa shape index (κ1) is 34.2. The molecule has 2 heterocycles. The zero-order valence-electron chi connectivity index (χ0n) is 25.8. The first-order chi connectivity index (χ1) is 18.4. The quantitative estimate of drug-likeness (QED) is 0.212. The maximum atomic E-state index is 8.39. The van der Waals surface area contributed by atoms with E-state index >= 15 is 0 Å². The summed E-state index contributed by atoms with van der Waals surface area (Å²) < 4.78 is 2.25. The van der Waals surface area contributed by atoms with Gasteiger partial charge in [0.2, 0.25) is 0 Å². The largest absolute Gasteiger partial charge is 0.386 e. The summed E-state index contributed by atoms with van der Waals surface area (Å²) >= 11 is 1.75. The molecule has 3 rings (SSSR count). The molecule has 6 heteroatoms. The minimum Gasteiger partial charge on any atom is -0.386 e. The van der Waals surface area contributed by atoms with Gasteiger partial charge in [0.25, 0.3) is 0 Å². The standard InChI is InChI=1S/C14H18N2S.C12H22N2.C7H13N/c1-5-15-10(2)12-6-8-13(9-7-12)14-11(3)16(14)17-4;1-10(8-6-7-9-13)14-11(2)12(3,4)5;1-3-8-6-4-5-7(8)2/h5-10,15H,1H2,2-4H3;11,14H,1,6-8H2,2-5H3;3,7H,1,4-6H2,2H3. The lowest BCUT2D eigenvalue weighted by Crippen LogP contribution is -2.36. The molecule has 39 heavy (non-hydrogen) atoms. The van der Waals surface area contributed by atoms with Crippen molar-refractivity contribution >= 4 is 17.6 Å². The number of hydrogen-bond acceptors (Lipinski definition) is 6. The maximum Gasteiger partial charge on any atom is 0.0796 e. The van der Waals surface area contributed by atoms with Crippen molar-refractivity contribution in [1.29, 1.82) is 5.26 Å². The van der Waals surface area contributed by atoms with Gasteiger partial charge in [0, 0.05) is 48.6 Å². The minimum absolute atomic E-state index is 0.248. The number of nitrogens with one attached hydrogen (secondary N) is 2. The molecular formula is C33H53N5S. The lowest BCUT2D eigenvalue weighted by atomic mass is 9.88. The van der Waals surface area contributed by atoms with Crippen LogP contribution in [0.3, 0.4) is 0 Å². The van der Waals surface area contributed by atoms with Crippen molar-refractivity contribution in [3.8, 4) is 6.07 Å². The van der Waals surface area contributed by atoms with Crippen LogP contribution in [0, 0.1) is 16.7 Å².